The lowest BCUT2D eigenvalue weighted by Crippen LogP contribution is -1.91. The van der Waals surface area contributed by atoms with Crippen molar-refractivity contribution in [2.45, 2.75) is 0 Å². The van der Waals surface area contributed by atoms with Crippen molar-refractivity contribution in [3.63, 3.8) is 0 Å². The van der Waals surface area contributed by atoms with Crippen LogP contribution in [0.5, 0.6) is 0 Å². The molecule has 0 heterocycles. The maximum absolute atomic E-state index is 15.4. The second kappa shape index (κ2) is 10.4. The van der Waals surface area contributed by atoms with Gasteiger partial charge in [0.05, 0.1) is 0 Å². The molecule has 0 aliphatic heterocycles. The highest BCUT2D eigenvalue weighted by molar-refractivity contribution is 14.1. The second-order valence-corrected chi connectivity index (χ2v) is 15.5. The predicted molar refractivity (Wildman–Crippen MR) is 230 cm³/mol. The molecule has 0 spiro atoms. The average Bonchev–Trinajstić information content (AvgIpc) is 3.66. The maximum atomic E-state index is 15.4. The van der Waals surface area contributed by atoms with Crippen molar-refractivity contribution >= 4 is 120 Å². The lowest BCUT2D eigenvalue weighted by atomic mass is 9.85. The molecule has 0 saturated carbocycles. The van der Waals surface area contributed by atoms with Gasteiger partial charge in [-0.05, 0) is 190 Å². The van der Waals surface area contributed by atoms with Gasteiger partial charge in [0.2, 0.25) is 0 Å². The van der Waals surface area contributed by atoms with E-state index < -0.39 is 0 Å². The summed E-state index contributed by atoms with van der Waals surface area (Å²) < 4.78 is 16.6. The molecule has 52 heavy (non-hydrogen) atoms. The molecule has 240 valence electrons. The van der Waals surface area contributed by atoms with E-state index in [-0.39, 0.29) is 5.82 Å². The van der Waals surface area contributed by atoms with E-state index in [1.54, 1.807) is 12.1 Å². The first-order valence-electron chi connectivity index (χ1n) is 17.7. The zero-order valence-electron chi connectivity index (χ0n) is 27.8. The van der Waals surface area contributed by atoms with E-state index in [4.69, 9.17) is 0 Å². The van der Waals surface area contributed by atoms with Crippen LogP contribution < -0.4 is 0 Å². The Hall–Kier alpha value is -5.84. The molecule has 0 unspecified atom stereocenters. The highest BCUT2D eigenvalue weighted by Crippen LogP contribution is 2.54. The molecule has 0 atom stereocenters. The van der Waals surface area contributed by atoms with Gasteiger partial charge in [-0.1, -0.05) is 109 Å². The monoisotopic (exact) mass is 772 g/mol. The largest absolute Gasteiger partial charge is 0.207 e. The number of benzene rings is 10. The van der Waals surface area contributed by atoms with Gasteiger partial charge in [-0.2, -0.15) is 0 Å². The zero-order valence-corrected chi connectivity index (χ0v) is 29.9. The molecule has 12 aromatic rings. The molecule has 0 aliphatic carbocycles. The van der Waals surface area contributed by atoms with Crippen LogP contribution >= 0.6 is 22.6 Å². The van der Waals surface area contributed by atoms with Crippen molar-refractivity contribution in [3.05, 3.63) is 167 Å². The maximum Gasteiger partial charge on any atom is 0.123 e. The fourth-order valence-electron chi connectivity index (χ4n) is 9.57. The van der Waals surface area contributed by atoms with Crippen molar-refractivity contribution in [1.82, 2.24) is 0 Å². The number of hydrogen-bond donors (Lipinski definition) is 0. The fourth-order valence-corrected chi connectivity index (χ4v) is 10.1. The van der Waals surface area contributed by atoms with E-state index in [9.17, 15) is 0 Å². The molecule has 12 aromatic carbocycles. The van der Waals surface area contributed by atoms with E-state index in [0.717, 1.165) is 16.5 Å². The third-order valence-electron chi connectivity index (χ3n) is 11.6. The van der Waals surface area contributed by atoms with E-state index in [0.29, 0.717) is 0 Å². The Labute approximate surface area is 311 Å². The van der Waals surface area contributed by atoms with Gasteiger partial charge in [0.25, 0.3) is 0 Å². The molecule has 0 fully saturated rings. The van der Waals surface area contributed by atoms with Gasteiger partial charge in [-0.3, -0.25) is 0 Å². The van der Waals surface area contributed by atoms with E-state index in [1.807, 2.05) is 6.07 Å². The van der Waals surface area contributed by atoms with Crippen LogP contribution in [0.15, 0.2) is 158 Å². The molecule has 0 nitrogen and oxygen atoms in total. The first-order valence-corrected chi connectivity index (χ1v) is 18.8. The van der Waals surface area contributed by atoms with Crippen LogP contribution in [0.4, 0.5) is 4.39 Å². The lowest BCUT2D eigenvalue weighted by molar-refractivity contribution is 0.628. The summed E-state index contributed by atoms with van der Waals surface area (Å²) in [6, 6.07) is 56.7. The van der Waals surface area contributed by atoms with Crippen LogP contribution in [0.2, 0.25) is 0 Å². The fraction of sp³-hybridized carbons (Fsp3) is 0. The molecule has 2 heteroatoms. The summed E-state index contributed by atoms with van der Waals surface area (Å²) in [6.45, 7) is 0. The SMILES string of the molecule is Fc1cccc(-c2c3cc4c(cc3c(-c3cccc(I)c3)c3c5cccc6c7ccccc7cc(c23)c65)c2cccc3c5ccccc5cc4c32)c1. The quantitative estimate of drug-likeness (QED) is 0.121. The van der Waals surface area contributed by atoms with Crippen molar-refractivity contribution in [3.8, 4) is 22.3 Å². The number of rotatable bonds is 2. The van der Waals surface area contributed by atoms with E-state index in [1.165, 1.54) is 106 Å². The normalized spacial score (nSPS) is 12.4. The molecule has 0 saturated heterocycles. The minimum Gasteiger partial charge on any atom is -0.207 e. The van der Waals surface area contributed by atoms with Crippen molar-refractivity contribution in [1.29, 1.82) is 0 Å². The van der Waals surface area contributed by atoms with Gasteiger partial charge in [-0.15, -0.1) is 0 Å². The Morgan fingerprint density at radius 3 is 1.44 bits per heavy atom. The standard InChI is InChI=1S/C50H26FI/c51-31-13-5-11-29(21-31)45-43-26-40-39(37-19-7-17-35-33-15-3-1-9-27(33)23-41(40)47(35)37)25-42(43)46(30-12-6-14-32(52)22-30)49-38-20-8-18-36-34-16-4-2-10-28(34)24-44(48(36)38)50(45)49/h1-26H. The molecule has 0 radical (unpaired) electrons. The van der Waals surface area contributed by atoms with Crippen LogP contribution in [0.3, 0.4) is 0 Å². The summed E-state index contributed by atoms with van der Waals surface area (Å²) >= 11 is 2.44. The summed E-state index contributed by atoms with van der Waals surface area (Å²) in [5.41, 5.74) is 4.39. The van der Waals surface area contributed by atoms with E-state index in [2.05, 4.69) is 162 Å². The summed E-state index contributed by atoms with van der Waals surface area (Å²) in [5, 5.41) is 22.3. The number of halogens is 2. The highest BCUT2D eigenvalue weighted by atomic mass is 127. The third kappa shape index (κ3) is 3.75. The Morgan fingerprint density at radius 2 is 0.788 bits per heavy atom. The summed E-state index contributed by atoms with van der Waals surface area (Å²) in [4.78, 5) is 0. The predicted octanol–water partition coefficient (Wildman–Crippen LogP) is 15.0. The number of fused-ring (bicyclic) bond motifs is 11. The van der Waals surface area contributed by atoms with Crippen LogP contribution in [0, 0.1) is 9.39 Å². The minimum atomic E-state index is -0.231. The van der Waals surface area contributed by atoms with Crippen LogP contribution in [0.1, 0.15) is 0 Å². The molecule has 0 aromatic heterocycles. The second-order valence-electron chi connectivity index (χ2n) is 14.2. The Bertz CT molecular complexity index is 3480. The Balaban J connectivity index is 1.41. The molecular formula is C50H26FI. The first kappa shape index (κ1) is 28.8. The molecular weight excluding hydrogens is 746 g/mol. The zero-order chi connectivity index (χ0) is 34.2. The van der Waals surface area contributed by atoms with Gasteiger partial charge in [0.1, 0.15) is 5.82 Å². The molecule has 0 N–H and O–H groups in total. The number of hydrogen-bond acceptors (Lipinski definition) is 0. The molecule has 0 bridgehead atoms. The highest BCUT2D eigenvalue weighted by Gasteiger charge is 2.26. The van der Waals surface area contributed by atoms with Crippen LogP contribution in [-0.2, 0) is 0 Å². The lowest BCUT2D eigenvalue weighted by Gasteiger charge is -2.17. The van der Waals surface area contributed by atoms with Gasteiger partial charge in [0.15, 0.2) is 0 Å². The van der Waals surface area contributed by atoms with Crippen molar-refractivity contribution < 1.29 is 4.39 Å². The molecule has 0 amide bonds. The smallest absolute Gasteiger partial charge is 0.123 e. The Kier molecular flexibility index (Phi) is 5.75. The van der Waals surface area contributed by atoms with Gasteiger partial charge < -0.3 is 0 Å². The summed E-state index contributed by atoms with van der Waals surface area (Å²) in [7, 11) is 0. The van der Waals surface area contributed by atoms with E-state index >= 15 is 4.39 Å². The molecule has 12 rings (SSSR count). The van der Waals surface area contributed by atoms with Crippen LogP contribution in [-0.4, -0.2) is 0 Å². The first-order chi connectivity index (χ1) is 25.6. The third-order valence-corrected chi connectivity index (χ3v) is 12.2. The average molecular weight is 773 g/mol. The summed E-state index contributed by atoms with van der Waals surface area (Å²) in [6.07, 6.45) is 0. The Morgan fingerprint density at radius 1 is 0.308 bits per heavy atom. The van der Waals surface area contributed by atoms with Crippen LogP contribution in [0.25, 0.3) is 119 Å². The van der Waals surface area contributed by atoms with Gasteiger partial charge in [-0.25, -0.2) is 4.39 Å². The summed E-state index contributed by atoms with van der Waals surface area (Å²) in [5.74, 6) is -0.231. The van der Waals surface area contributed by atoms with Crippen molar-refractivity contribution in [2.24, 2.45) is 0 Å². The molecule has 0 aliphatic rings. The van der Waals surface area contributed by atoms with Gasteiger partial charge in [0, 0.05) is 3.57 Å². The van der Waals surface area contributed by atoms with Gasteiger partial charge >= 0.3 is 0 Å². The minimum absolute atomic E-state index is 0.231. The van der Waals surface area contributed by atoms with Crippen molar-refractivity contribution in [2.75, 3.05) is 0 Å². The topological polar surface area (TPSA) is 0 Å².